The van der Waals surface area contributed by atoms with E-state index in [9.17, 15) is 22.4 Å². The van der Waals surface area contributed by atoms with Crippen molar-refractivity contribution in [1.82, 2.24) is 10.2 Å². The first-order chi connectivity index (χ1) is 19.5. The Hall–Kier alpha value is -3.37. The van der Waals surface area contributed by atoms with Crippen molar-refractivity contribution in [3.63, 3.8) is 0 Å². The standard InChI is InChI=1S/C31H38FN3O4S2/c1-6-23(4)33-31(37)29(7-2)34(20-24-10-12-25(32)13-11-24)30(36)21-35(26-14-8-22(3)9-15-26)41(38,39)28-18-16-27(40-5)17-19-28/h8-19,23,29H,6-7,20-21H2,1-5H3,(H,33,37)/t23-,29+/m0/s1. The van der Waals surface area contributed by atoms with Gasteiger partial charge in [-0.25, -0.2) is 12.8 Å². The van der Waals surface area contributed by atoms with Crippen LogP contribution in [0.25, 0.3) is 0 Å². The van der Waals surface area contributed by atoms with Gasteiger partial charge in [0.1, 0.15) is 18.4 Å². The molecule has 1 N–H and O–H groups in total. The first kappa shape index (κ1) is 32.1. The number of aryl methyl sites for hydroxylation is 1. The minimum Gasteiger partial charge on any atom is -0.352 e. The molecule has 0 radical (unpaired) electrons. The van der Waals surface area contributed by atoms with E-state index < -0.39 is 34.3 Å². The molecular weight excluding hydrogens is 561 g/mol. The molecule has 0 saturated heterocycles. The summed E-state index contributed by atoms with van der Waals surface area (Å²) < 4.78 is 42.6. The topological polar surface area (TPSA) is 86.8 Å². The third-order valence-electron chi connectivity index (χ3n) is 6.90. The summed E-state index contributed by atoms with van der Waals surface area (Å²) in [7, 11) is -4.15. The molecule has 10 heteroatoms. The van der Waals surface area contributed by atoms with Crippen molar-refractivity contribution in [1.29, 1.82) is 0 Å². The van der Waals surface area contributed by atoms with E-state index in [0.717, 1.165) is 14.8 Å². The number of carbonyl (C=O) groups excluding carboxylic acids is 2. The van der Waals surface area contributed by atoms with Crippen molar-refractivity contribution in [2.75, 3.05) is 17.1 Å². The third kappa shape index (κ3) is 8.33. The van der Waals surface area contributed by atoms with Crippen LogP contribution in [0.1, 0.15) is 44.7 Å². The summed E-state index contributed by atoms with van der Waals surface area (Å²) in [6, 6.07) is 18.1. The molecule has 0 saturated carbocycles. The number of rotatable bonds is 13. The van der Waals surface area contributed by atoms with Crippen LogP contribution in [0.4, 0.5) is 10.1 Å². The van der Waals surface area contributed by atoms with E-state index in [1.54, 1.807) is 55.5 Å². The largest absolute Gasteiger partial charge is 0.352 e. The fourth-order valence-corrected chi connectivity index (χ4v) is 6.08. The number of halogens is 1. The van der Waals surface area contributed by atoms with Gasteiger partial charge in [0.05, 0.1) is 10.6 Å². The lowest BCUT2D eigenvalue weighted by Crippen LogP contribution is -2.53. The second-order valence-corrected chi connectivity index (χ2v) is 12.7. The maximum absolute atomic E-state index is 14.1. The number of amides is 2. The molecule has 0 aliphatic carbocycles. The Morgan fingerprint density at radius 1 is 0.927 bits per heavy atom. The summed E-state index contributed by atoms with van der Waals surface area (Å²) in [5, 5.41) is 2.94. The molecule has 0 fully saturated rings. The Morgan fingerprint density at radius 3 is 2.07 bits per heavy atom. The Bertz CT molecular complexity index is 1410. The van der Waals surface area contributed by atoms with Crippen molar-refractivity contribution < 1.29 is 22.4 Å². The molecule has 3 rings (SSSR count). The summed E-state index contributed by atoms with van der Waals surface area (Å²) in [6.45, 7) is 7.00. The maximum Gasteiger partial charge on any atom is 0.264 e. The van der Waals surface area contributed by atoms with Gasteiger partial charge in [0.15, 0.2) is 0 Å². The number of carbonyl (C=O) groups is 2. The summed E-state index contributed by atoms with van der Waals surface area (Å²) in [5.74, 6) is -1.29. The summed E-state index contributed by atoms with van der Waals surface area (Å²) in [4.78, 5) is 29.7. The molecule has 2 atom stereocenters. The van der Waals surface area contributed by atoms with E-state index in [1.165, 1.54) is 40.9 Å². The lowest BCUT2D eigenvalue weighted by Gasteiger charge is -2.33. The van der Waals surface area contributed by atoms with Crippen LogP contribution >= 0.6 is 11.8 Å². The summed E-state index contributed by atoms with van der Waals surface area (Å²) in [6.07, 6.45) is 2.92. The molecule has 220 valence electrons. The third-order valence-corrected chi connectivity index (χ3v) is 9.43. The van der Waals surface area contributed by atoms with Crippen LogP contribution in [0.3, 0.4) is 0 Å². The molecule has 0 unspecified atom stereocenters. The van der Waals surface area contributed by atoms with Gasteiger partial charge in [0, 0.05) is 17.5 Å². The highest BCUT2D eigenvalue weighted by molar-refractivity contribution is 7.98. The maximum atomic E-state index is 14.1. The van der Waals surface area contributed by atoms with Gasteiger partial charge in [-0.1, -0.05) is 43.7 Å². The van der Waals surface area contributed by atoms with E-state index in [4.69, 9.17) is 0 Å². The minimum atomic E-state index is -4.15. The lowest BCUT2D eigenvalue weighted by atomic mass is 10.1. The zero-order chi connectivity index (χ0) is 30.2. The van der Waals surface area contributed by atoms with E-state index >= 15 is 0 Å². The van der Waals surface area contributed by atoms with E-state index in [2.05, 4.69) is 5.32 Å². The molecule has 2 amide bonds. The van der Waals surface area contributed by atoms with Crippen LogP contribution in [0, 0.1) is 12.7 Å². The molecule has 0 aromatic heterocycles. The zero-order valence-electron chi connectivity index (χ0n) is 24.1. The van der Waals surface area contributed by atoms with Crippen molar-refractivity contribution in [3.05, 3.63) is 89.7 Å². The summed E-state index contributed by atoms with van der Waals surface area (Å²) >= 11 is 1.49. The average Bonchev–Trinajstić information content (AvgIpc) is 2.97. The van der Waals surface area contributed by atoms with Gasteiger partial charge in [0.2, 0.25) is 11.8 Å². The van der Waals surface area contributed by atoms with Crippen molar-refractivity contribution in [3.8, 4) is 0 Å². The Balaban J connectivity index is 2.05. The Kier molecular flexibility index (Phi) is 11.4. The number of anilines is 1. The number of sulfonamides is 1. The van der Waals surface area contributed by atoms with Gasteiger partial charge in [-0.15, -0.1) is 11.8 Å². The quantitative estimate of drug-likeness (QED) is 0.252. The summed E-state index contributed by atoms with van der Waals surface area (Å²) in [5.41, 5.74) is 1.89. The van der Waals surface area contributed by atoms with Crippen LogP contribution < -0.4 is 9.62 Å². The van der Waals surface area contributed by atoms with E-state index in [-0.39, 0.29) is 23.4 Å². The lowest BCUT2D eigenvalue weighted by molar-refractivity contribution is -0.140. The molecule has 0 aliphatic heterocycles. The molecule has 3 aromatic rings. The fourth-order valence-electron chi connectivity index (χ4n) is 4.26. The SMILES string of the molecule is CC[C@H](C(=O)N[C@@H](C)CC)N(Cc1ccc(F)cc1)C(=O)CN(c1ccc(C)cc1)S(=O)(=O)c1ccc(SC)cc1. The number of benzene rings is 3. The fraction of sp³-hybridized carbons (Fsp3) is 0.355. The van der Waals surface area contributed by atoms with Crippen LogP contribution in [0.5, 0.6) is 0 Å². The number of hydrogen-bond acceptors (Lipinski definition) is 5. The molecular formula is C31H38FN3O4S2. The van der Waals surface area contributed by atoms with Crippen LogP contribution in [0.2, 0.25) is 0 Å². The van der Waals surface area contributed by atoms with Crippen molar-refractivity contribution >= 4 is 39.3 Å². The molecule has 0 bridgehead atoms. The molecule has 41 heavy (non-hydrogen) atoms. The first-order valence-electron chi connectivity index (χ1n) is 13.6. The highest BCUT2D eigenvalue weighted by Gasteiger charge is 2.34. The van der Waals surface area contributed by atoms with Crippen LogP contribution in [-0.4, -0.2) is 50.0 Å². The Morgan fingerprint density at radius 2 is 1.54 bits per heavy atom. The number of thioether (sulfide) groups is 1. The monoisotopic (exact) mass is 599 g/mol. The van der Waals surface area contributed by atoms with Gasteiger partial charge in [-0.05, 0) is 87.0 Å². The van der Waals surface area contributed by atoms with Gasteiger partial charge in [-0.3, -0.25) is 13.9 Å². The first-order valence-corrected chi connectivity index (χ1v) is 16.2. The highest BCUT2D eigenvalue weighted by atomic mass is 32.2. The molecule has 0 heterocycles. The second-order valence-electron chi connectivity index (χ2n) is 9.91. The van der Waals surface area contributed by atoms with Crippen molar-refractivity contribution in [2.45, 2.75) is 69.0 Å². The highest BCUT2D eigenvalue weighted by Crippen LogP contribution is 2.27. The molecule has 0 aliphatic rings. The number of nitrogens with one attached hydrogen (secondary N) is 1. The average molecular weight is 600 g/mol. The predicted octanol–water partition coefficient (Wildman–Crippen LogP) is 5.77. The smallest absolute Gasteiger partial charge is 0.264 e. The van der Waals surface area contributed by atoms with E-state index in [0.29, 0.717) is 24.1 Å². The molecule has 3 aromatic carbocycles. The number of nitrogens with zero attached hydrogens (tertiary/aromatic N) is 2. The van der Waals surface area contributed by atoms with Crippen LogP contribution in [0.15, 0.2) is 82.6 Å². The zero-order valence-corrected chi connectivity index (χ0v) is 25.8. The predicted molar refractivity (Wildman–Crippen MR) is 163 cm³/mol. The van der Waals surface area contributed by atoms with Gasteiger partial charge >= 0.3 is 0 Å². The minimum absolute atomic E-state index is 0.00967. The Labute approximate surface area is 247 Å². The molecule has 0 spiro atoms. The van der Waals surface area contributed by atoms with Gasteiger partial charge < -0.3 is 10.2 Å². The van der Waals surface area contributed by atoms with Crippen molar-refractivity contribution in [2.24, 2.45) is 0 Å². The van der Waals surface area contributed by atoms with Crippen LogP contribution in [-0.2, 0) is 26.2 Å². The number of hydrogen-bond donors (Lipinski definition) is 1. The van der Waals surface area contributed by atoms with Gasteiger partial charge in [-0.2, -0.15) is 0 Å². The van der Waals surface area contributed by atoms with Gasteiger partial charge in [0.25, 0.3) is 10.0 Å². The van der Waals surface area contributed by atoms with E-state index in [1.807, 2.05) is 27.0 Å². The molecule has 7 nitrogen and oxygen atoms in total. The second kappa shape index (κ2) is 14.5. The normalized spacial score (nSPS) is 12.8.